The van der Waals surface area contributed by atoms with Gasteiger partial charge in [0.15, 0.2) is 5.75 Å². The molecular weight excluding hydrogens is 360 g/mol. The van der Waals surface area contributed by atoms with Crippen LogP contribution in [0.2, 0.25) is 5.02 Å². The summed E-state index contributed by atoms with van der Waals surface area (Å²) in [5.74, 6) is 0.619. The summed E-state index contributed by atoms with van der Waals surface area (Å²) in [6.07, 6.45) is 4.74. The van der Waals surface area contributed by atoms with Gasteiger partial charge >= 0.3 is 5.69 Å². The first-order valence-electron chi connectivity index (χ1n) is 8.30. The lowest BCUT2D eigenvalue weighted by Crippen LogP contribution is -2.19. The van der Waals surface area contributed by atoms with Gasteiger partial charge in [0.05, 0.1) is 30.2 Å². The molecule has 0 bridgehead atoms. The van der Waals surface area contributed by atoms with Gasteiger partial charge in [-0.05, 0) is 24.1 Å². The molecule has 2 aromatic rings. The van der Waals surface area contributed by atoms with Crippen LogP contribution in [0.15, 0.2) is 35.3 Å². The lowest BCUT2D eigenvalue weighted by molar-refractivity contribution is -0.385. The minimum absolute atomic E-state index is 0.0957. The third-order valence-corrected chi connectivity index (χ3v) is 4.22. The fourth-order valence-corrected chi connectivity index (χ4v) is 2.67. The number of nitro benzene ring substituents is 1. The van der Waals surface area contributed by atoms with Crippen molar-refractivity contribution < 1.29 is 14.4 Å². The lowest BCUT2D eigenvalue weighted by atomic mass is 10.2. The molecule has 0 aliphatic heterocycles. The predicted octanol–water partition coefficient (Wildman–Crippen LogP) is 4.04. The first kappa shape index (κ1) is 19.8. The van der Waals surface area contributed by atoms with E-state index in [1.54, 1.807) is 12.3 Å². The number of halogens is 1. The molecule has 0 spiro atoms. The summed E-state index contributed by atoms with van der Waals surface area (Å²) in [6, 6.07) is 5.83. The van der Waals surface area contributed by atoms with Gasteiger partial charge in [-0.1, -0.05) is 31.4 Å². The molecule has 0 saturated heterocycles. The third-order valence-electron chi connectivity index (χ3n) is 3.87. The molecule has 26 heavy (non-hydrogen) atoms. The molecule has 1 aromatic carbocycles. The monoisotopic (exact) mass is 380 g/mol. The molecular formula is C18H21ClN2O5. The third kappa shape index (κ3) is 4.98. The smallest absolute Gasteiger partial charge is 0.312 e. The van der Waals surface area contributed by atoms with Crippen LogP contribution in [0.25, 0.3) is 0 Å². The molecule has 1 aromatic heterocycles. The van der Waals surface area contributed by atoms with Gasteiger partial charge in [-0.25, -0.2) is 0 Å². The molecule has 0 amide bonds. The number of pyridine rings is 1. The summed E-state index contributed by atoms with van der Waals surface area (Å²) in [6.45, 7) is 2.85. The summed E-state index contributed by atoms with van der Waals surface area (Å²) in [7, 11) is 1.34. The van der Waals surface area contributed by atoms with Crippen molar-refractivity contribution in [1.29, 1.82) is 0 Å². The van der Waals surface area contributed by atoms with E-state index in [0.29, 0.717) is 17.9 Å². The van der Waals surface area contributed by atoms with Crippen LogP contribution in [0.3, 0.4) is 0 Å². The van der Waals surface area contributed by atoms with Crippen molar-refractivity contribution in [2.45, 2.75) is 32.7 Å². The Hall–Kier alpha value is -2.54. The summed E-state index contributed by atoms with van der Waals surface area (Å²) in [4.78, 5) is 22.7. The number of hydrogen-bond donors (Lipinski definition) is 0. The first-order chi connectivity index (χ1) is 12.5. The van der Waals surface area contributed by atoms with E-state index in [0.717, 1.165) is 19.3 Å². The second-order valence-electron chi connectivity index (χ2n) is 5.76. The standard InChI is InChI=1S/C18H21ClN2O5/c1-3-4-5-8-26-14-6-7-20(18(22)10-14)12-13-9-17(25-2)16(21(23)24)11-15(13)19/h6-7,9-11H,3-5,8,12H2,1-2H3. The first-order valence-corrected chi connectivity index (χ1v) is 8.68. The molecule has 8 heteroatoms. The quantitative estimate of drug-likeness (QED) is 0.372. The molecule has 2 rings (SSSR count). The van der Waals surface area contributed by atoms with Gasteiger partial charge in [0.25, 0.3) is 5.56 Å². The maximum absolute atomic E-state index is 12.3. The van der Waals surface area contributed by atoms with E-state index >= 15 is 0 Å². The average Bonchev–Trinajstić information content (AvgIpc) is 2.61. The van der Waals surface area contributed by atoms with Crippen molar-refractivity contribution in [3.63, 3.8) is 0 Å². The number of ether oxygens (including phenoxy) is 2. The Morgan fingerprint density at radius 2 is 2.04 bits per heavy atom. The fraction of sp³-hybridized carbons (Fsp3) is 0.389. The molecule has 0 N–H and O–H groups in total. The van der Waals surface area contributed by atoms with E-state index in [2.05, 4.69) is 6.92 Å². The summed E-state index contributed by atoms with van der Waals surface area (Å²) in [5, 5.41) is 11.2. The Labute approximate surface area is 156 Å². The second kappa shape index (κ2) is 9.24. The van der Waals surface area contributed by atoms with E-state index < -0.39 is 4.92 Å². The van der Waals surface area contributed by atoms with Gasteiger partial charge in [-0.3, -0.25) is 14.9 Å². The number of nitrogens with zero attached hydrogens (tertiary/aromatic N) is 2. The molecule has 0 aliphatic rings. The molecule has 140 valence electrons. The zero-order valence-electron chi connectivity index (χ0n) is 14.7. The van der Waals surface area contributed by atoms with Crippen molar-refractivity contribution in [2.75, 3.05) is 13.7 Å². The van der Waals surface area contributed by atoms with Crippen LogP contribution in [0.1, 0.15) is 31.7 Å². The number of nitro groups is 1. The molecule has 0 saturated carbocycles. The Balaban J connectivity index is 2.18. The molecule has 0 aliphatic carbocycles. The van der Waals surface area contributed by atoms with E-state index in [1.807, 2.05) is 0 Å². The Morgan fingerprint density at radius 3 is 2.65 bits per heavy atom. The Kier molecular flexibility index (Phi) is 7.03. The topological polar surface area (TPSA) is 83.6 Å². The van der Waals surface area contributed by atoms with Gasteiger partial charge in [0, 0.05) is 18.3 Å². The number of unbranched alkanes of at least 4 members (excludes halogenated alkanes) is 2. The van der Waals surface area contributed by atoms with Crippen LogP contribution in [-0.4, -0.2) is 23.2 Å². The van der Waals surface area contributed by atoms with Crippen LogP contribution in [0.5, 0.6) is 11.5 Å². The van der Waals surface area contributed by atoms with Crippen LogP contribution in [-0.2, 0) is 6.54 Å². The van der Waals surface area contributed by atoms with Gasteiger partial charge in [0.2, 0.25) is 0 Å². The lowest BCUT2D eigenvalue weighted by Gasteiger charge is -2.11. The summed E-state index contributed by atoms with van der Waals surface area (Å²) in [5.41, 5.74) is 0.0867. The van der Waals surface area contributed by atoms with Crippen LogP contribution in [0.4, 0.5) is 5.69 Å². The zero-order valence-corrected chi connectivity index (χ0v) is 15.5. The van der Waals surface area contributed by atoms with Crippen molar-refractivity contribution in [1.82, 2.24) is 4.57 Å². The second-order valence-corrected chi connectivity index (χ2v) is 6.16. The van der Waals surface area contributed by atoms with E-state index in [4.69, 9.17) is 21.1 Å². The number of hydrogen-bond acceptors (Lipinski definition) is 5. The zero-order chi connectivity index (χ0) is 19.1. The largest absolute Gasteiger partial charge is 0.493 e. The van der Waals surface area contributed by atoms with Gasteiger partial charge < -0.3 is 14.0 Å². The SMILES string of the molecule is CCCCCOc1ccn(Cc2cc(OC)c([N+](=O)[O-])cc2Cl)c(=O)c1. The van der Waals surface area contributed by atoms with Crippen molar-refractivity contribution in [3.05, 3.63) is 61.5 Å². The van der Waals surface area contributed by atoms with E-state index in [9.17, 15) is 14.9 Å². The number of methoxy groups -OCH3 is 1. The molecule has 0 fully saturated rings. The maximum Gasteiger partial charge on any atom is 0.312 e. The highest BCUT2D eigenvalue weighted by Gasteiger charge is 2.18. The van der Waals surface area contributed by atoms with E-state index in [1.165, 1.54) is 29.9 Å². The van der Waals surface area contributed by atoms with Gasteiger partial charge in [-0.15, -0.1) is 0 Å². The van der Waals surface area contributed by atoms with Crippen LogP contribution >= 0.6 is 11.6 Å². The molecule has 1 heterocycles. The molecule has 0 atom stereocenters. The average molecular weight is 381 g/mol. The normalized spacial score (nSPS) is 10.6. The molecule has 7 nitrogen and oxygen atoms in total. The van der Waals surface area contributed by atoms with E-state index in [-0.39, 0.29) is 28.6 Å². The van der Waals surface area contributed by atoms with Crippen molar-refractivity contribution in [3.8, 4) is 11.5 Å². The minimum atomic E-state index is -0.564. The Bertz CT molecular complexity index is 835. The van der Waals surface area contributed by atoms with Crippen LogP contribution in [0, 0.1) is 10.1 Å². The summed E-state index contributed by atoms with van der Waals surface area (Å²) >= 11 is 6.13. The predicted molar refractivity (Wildman–Crippen MR) is 99.5 cm³/mol. The number of benzene rings is 1. The molecule has 0 radical (unpaired) electrons. The highest BCUT2D eigenvalue weighted by Crippen LogP contribution is 2.33. The van der Waals surface area contributed by atoms with Gasteiger partial charge in [0.1, 0.15) is 5.75 Å². The highest BCUT2D eigenvalue weighted by molar-refractivity contribution is 6.31. The Morgan fingerprint density at radius 1 is 1.27 bits per heavy atom. The maximum atomic E-state index is 12.3. The molecule has 0 unspecified atom stereocenters. The van der Waals surface area contributed by atoms with Crippen molar-refractivity contribution >= 4 is 17.3 Å². The minimum Gasteiger partial charge on any atom is -0.493 e. The number of rotatable bonds is 9. The number of aromatic nitrogens is 1. The van der Waals surface area contributed by atoms with Crippen molar-refractivity contribution in [2.24, 2.45) is 0 Å². The fourth-order valence-electron chi connectivity index (χ4n) is 2.45. The summed E-state index contributed by atoms with van der Waals surface area (Å²) < 4.78 is 12.1. The highest BCUT2D eigenvalue weighted by atomic mass is 35.5. The van der Waals surface area contributed by atoms with Gasteiger partial charge in [-0.2, -0.15) is 0 Å². The van der Waals surface area contributed by atoms with Crippen LogP contribution < -0.4 is 15.0 Å².